The van der Waals surface area contributed by atoms with Crippen LogP contribution in [0.3, 0.4) is 0 Å². The van der Waals surface area contributed by atoms with Gasteiger partial charge in [-0.15, -0.1) is 0 Å². The second-order valence-electron chi connectivity index (χ2n) is 4.55. The smallest absolute Gasteiger partial charge is 0.336 e. The van der Waals surface area contributed by atoms with E-state index in [1.165, 1.54) is 0 Å². The van der Waals surface area contributed by atoms with Crippen molar-refractivity contribution in [3.8, 4) is 0 Å². The molecule has 0 spiro atoms. The van der Waals surface area contributed by atoms with Crippen LogP contribution in [0.15, 0.2) is 12.1 Å². The van der Waals surface area contributed by atoms with E-state index >= 15 is 0 Å². The molecule has 0 radical (unpaired) electrons. The molecule has 0 bridgehead atoms. The molecule has 2 amide bonds. The fourth-order valence-electron chi connectivity index (χ4n) is 2.05. The lowest BCUT2D eigenvalue weighted by Crippen LogP contribution is -2.38. The Balaban J connectivity index is 2.40. The average molecular weight is 298 g/mol. The predicted molar refractivity (Wildman–Crippen MR) is 66.8 cm³/mol. The van der Waals surface area contributed by atoms with E-state index in [4.69, 9.17) is 5.11 Å². The van der Waals surface area contributed by atoms with E-state index < -0.39 is 34.6 Å². The number of carbonyl (C=O) groups excluding carboxylic acids is 2. The van der Waals surface area contributed by atoms with Crippen molar-refractivity contribution in [1.82, 2.24) is 10.2 Å². The Morgan fingerprint density at radius 1 is 1.19 bits per heavy atom. The molecular weight excluding hydrogens is 286 g/mol. The van der Waals surface area contributed by atoms with Crippen LogP contribution in [0.4, 0.5) is 8.78 Å². The SMILES string of the molecule is O=C1CN(C(=O)c2cc(F)c(F)cc2C(=O)O)CCCN1. The first-order valence-electron chi connectivity index (χ1n) is 6.18. The lowest BCUT2D eigenvalue weighted by atomic mass is 10.1. The average Bonchev–Trinajstić information content (AvgIpc) is 2.65. The number of amides is 2. The number of carboxylic acid groups (broad SMARTS) is 1. The minimum Gasteiger partial charge on any atom is -0.478 e. The van der Waals surface area contributed by atoms with Gasteiger partial charge in [0.15, 0.2) is 11.6 Å². The van der Waals surface area contributed by atoms with Gasteiger partial charge in [-0.05, 0) is 18.6 Å². The molecule has 2 N–H and O–H groups in total. The molecule has 6 nitrogen and oxygen atoms in total. The second-order valence-corrected chi connectivity index (χ2v) is 4.55. The van der Waals surface area contributed by atoms with E-state index in [-0.39, 0.29) is 19.0 Å². The number of benzene rings is 1. The zero-order valence-corrected chi connectivity index (χ0v) is 10.9. The third kappa shape index (κ3) is 3.15. The highest BCUT2D eigenvalue weighted by Gasteiger charge is 2.26. The van der Waals surface area contributed by atoms with Crippen molar-refractivity contribution in [2.75, 3.05) is 19.6 Å². The minimum atomic E-state index is -1.54. The maximum Gasteiger partial charge on any atom is 0.336 e. The molecule has 0 aliphatic carbocycles. The summed E-state index contributed by atoms with van der Waals surface area (Å²) in [6, 6.07) is 1.01. The van der Waals surface area contributed by atoms with E-state index in [0.29, 0.717) is 25.1 Å². The van der Waals surface area contributed by atoms with E-state index in [1.54, 1.807) is 0 Å². The van der Waals surface area contributed by atoms with Gasteiger partial charge in [0.05, 0.1) is 17.7 Å². The highest BCUT2D eigenvalue weighted by molar-refractivity contribution is 6.05. The fraction of sp³-hybridized carbons (Fsp3) is 0.308. The molecule has 0 aromatic heterocycles. The molecule has 21 heavy (non-hydrogen) atoms. The summed E-state index contributed by atoms with van der Waals surface area (Å²) in [7, 11) is 0. The molecule has 1 saturated heterocycles. The van der Waals surface area contributed by atoms with Gasteiger partial charge >= 0.3 is 5.97 Å². The number of halogens is 2. The Kier molecular flexibility index (Phi) is 4.15. The molecule has 1 aromatic rings. The summed E-state index contributed by atoms with van der Waals surface area (Å²) in [5.74, 6) is -5.42. The monoisotopic (exact) mass is 298 g/mol. The summed E-state index contributed by atoms with van der Waals surface area (Å²) < 4.78 is 26.4. The molecule has 8 heteroatoms. The van der Waals surface area contributed by atoms with Gasteiger partial charge in [-0.1, -0.05) is 0 Å². The number of hydrogen-bond acceptors (Lipinski definition) is 3. The molecule has 0 saturated carbocycles. The molecule has 1 aliphatic heterocycles. The topological polar surface area (TPSA) is 86.7 Å². The van der Waals surface area contributed by atoms with Crippen LogP contribution in [0.25, 0.3) is 0 Å². The standard InChI is InChI=1S/C13H12F2N2O4/c14-9-4-7(8(13(20)21)5-10(9)15)12(19)17-3-1-2-16-11(18)6-17/h4-5H,1-3,6H2,(H,16,18)(H,20,21). The van der Waals surface area contributed by atoms with E-state index in [1.807, 2.05) is 0 Å². The Hall–Kier alpha value is -2.51. The van der Waals surface area contributed by atoms with Crippen LogP contribution in [0.1, 0.15) is 27.1 Å². The van der Waals surface area contributed by atoms with Crippen LogP contribution in [-0.4, -0.2) is 47.4 Å². The first-order chi connectivity index (χ1) is 9.90. The number of nitrogens with zero attached hydrogens (tertiary/aromatic N) is 1. The highest BCUT2D eigenvalue weighted by atomic mass is 19.2. The number of carboxylic acids is 1. The summed E-state index contributed by atoms with van der Waals surface area (Å²) >= 11 is 0. The molecule has 0 atom stereocenters. The Morgan fingerprint density at radius 3 is 2.43 bits per heavy atom. The lowest BCUT2D eigenvalue weighted by Gasteiger charge is -2.20. The quantitative estimate of drug-likeness (QED) is 0.838. The van der Waals surface area contributed by atoms with E-state index in [9.17, 15) is 23.2 Å². The molecule has 1 aliphatic rings. The molecule has 1 fully saturated rings. The first kappa shape index (κ1) is 14.9. The fourth-order valence-corrected chi connectivity index (χ4v) is 2.05. The third-order valence-electron chi connectivity index (χ3n) is 3.07. The predicted octanol–water partition coefficient (Wildman–Crippen LogP) is 0.625. The van der Waals surface area contributed by atoms with Crippen LogP contribution < -0.4 is 5.32 Å². The van der Waals surface area contributed by atoms with Crippen molar-refractivity contribution >= 4 is 17.8 Å². The van der Waals surface area contributed by atoms with Crippen molar-refractivity contribution in [3.05, 3.63) is 34.9 Å². The van der Waals surface area contributed by atoms with Crippen LogP contribution in [0, 0.1) is 11.6 Å². The van der Waals surface area contributed by atoms with Crippen molar-refractivity contribution < 1.29 is 28.3 Å². The molecule has 1 aromatic carbocycles. The molecule has 1 heterocycles. The van der Waals surface area contributed by atoms with Gasteiger partial charge < -0.3 is 15.3 Å². The van der Waals surface area contributed by atoms with Crippen LogP contribution in [0.5, 0.6) is 0 Å². The summed E-state index contributed by atoms with van der Waals surface area (Å²) in [4.78, 5) is 35.9. The van der Waals surface area contributed by atoms with Gasteiger partial charge in [-0.3, -0.25) is 9.59 Å². The number of carbonyl (C=O) groups is 3. The highest BCUT2D eigenvalue weighted by Crippen LogP contribution is 2.18. The summed E-state index contributed by atoms with van der Waals surface area (Å²) in [5.41, 5.74) is -1.11. The van der Waals surface area contributed by atoms with Crippen molar-refractivity contribution in [2.24, 2.45) is 0 Å². The Labute approximate surface area is 118 Å². The summed E-state index contributed by atoms with van der Waals surface area (Å²) in [6.45, 7) is 0.360. The van der Waals surface area contributed by atoms with Gasteiger partial charge in [-0.2, -0.15) is 0 Å². The maximum absolute atomic E-state index is 13.3. The second kappa shape index (κ2) is 5.86. The molecular formula is C13H12F2N2O4. The number of rotatable bonds is 2. The normalized spacial score (nSPS) is 15.3. The zero-order valence-electron chi connectivity index (χ0n) is 10.9. The molecule has 112 valence electrons. The Bertz CT molecular complexity index is 618. The maximum atomic E-state index is 13.3. The van der Waals surface area contributed by atoms with Gasteiger partial charge in [0.2, 0.25) is 5.91 Å². The van der Waals surface area contributed by atoms with E-state index in [2.05, 4.69) is 5.32 Å². The van der Waals surface area contributed by atoms with Gasteiger partial charge in [-0.25, -0.2) is 13.6 Å². The number of aromatic carboxylic acids is 1. The van der Waals surface area contributed by atoms with Crippen molar-refractivity contribution in [3.63, 3.8) is 0 Å². The lowest BCUT2D eigenvalue weighted by molar-refractivity contribution is -0.121. The van der Waals surface area contributed by atoms with Gasteiger partial charge in [0.1, 0.15) is 0 Å². The number of nitrogens with one attached hydrogen (secondary N) is 1. The largest absolute Gasteiger partial charge is 0.478 e. The van der Waals surface area contributed by atoms with Gasteiger partial charge in [0.25, 0.3) is 5.91 Å². The van der Waals surface area contributed by atoms with Crippen molar-refractivity contribution in [1.29, 1.82) is 0 Å². The van der Waals surface area contributed by atoms with Gasteiger partial charge in [0, 0.05) is 13.1 Å². The summed E-state index contributed by atoms with van der Waals surface area (Å²) in [6.07, 6.45) is 0.490. The van der Waals surface area contributed by atoms with Crippen LogP contribution in [-0.2, 0) is 4.79 Å². The van der Waals surface area contributed by atoms with Crippen molar-refractivity contribution in [2.45, 2.75) is 6.42 Å². The summed E-state index contributed by atoms with van der Waals surface area (Å²) in [5, 5.41) is 11.6. The van der Waals surface area contributed by atoms with Crippen LogP contribution in [0.2, 0.25) is 0 Å². The minimum absolute atomic E-state index is 0.218. The molecule has 2 rings (SSSR count). The Morgan fingerprint density at radius 2 is 1.81 bits per heavy atom. The first-order valence-corrected chi connectivity index (χ1v) is 6.18. The number of hydrogen-bond donors (Lipinski definition) is 2. The zero-order chi connectivity index (χ0) is 15.6. The van der Waals surface area contributed by atoms with E-state index in [0.717, 1.165) is 4.90 Å². The third-order valence-corrected chi connectivity index (χ3v) is 3.07. The van der Waals surface area contributed by atoms with Crippen LogP contribution >= 0.6 is 0 Å². The molecule has 0 unspecified atom stereocenters.